The van der Waals surface area contributed by atoms with E-state index in [0.717, 1.165) is 17.3 Å². The molecule has 92 valence electrons. The van der Waals surface area contributed by atoms with Crippen LogP contribution in [0.3, 0.4) is 0 Å². The largest absolute Gasteiger partial charge is 0.443 e. The van der Waals surface area contributed by atoms with Crippen molar-refractivity contribution in [2.24, 2.45) is 0 Å². The summed E-state index contributed by atoms with van der Waals surface area (Å²) in [5.41, 5.74) is -0.519. The quantitative estimate of drug-likeness (QED) is 0.808. The fraction of sp³-hybridized carbons (Fsp3) is 0.727. The molecule has 4 nitrogen and oxygen atoms in total. The van der Waals surface area contributed by atoms with Crippen molar-refractivity contribution in [2.45, 2.75) is 45.3 Å². The van der Waals surface area contributed by atoms with E-state index in [4.69, 9.17) is 4.74 Å². The summed E-state index contributed by atoms with van der Waals surface area (Å²) >= 11 is 3.36. The topological polar surface area (TPSA) is 49.8 Å². The van der Waals surface area contributed by atoms with Crippen molar-refractivity contribution in [1.29, 1.82) is 0 Å². The zero-order chi connectivity index (χ0) is 12.3. The number of hydrogen-bond acceptors (Lipinski definition) is 3. The first-order valence-corrected chi connectivity index (χ1v) is 6.11. The first kappa shape index (κ1) is 13.5. The highest BCUT2D eigenvalue weighted by atomic mass is 79.9. The number of carbonyl (C=O) groups excluding carboxylic acids is 1. The molecule has 0 aromatic carbocycles. The van der Waals surface area contributed by atoms with Crippen LogP contribution in [0.1, 0.15) is 33.6 Å². The van der Waals surface area contributed by atoms with E-state index in [1.165, 1.54) is 4.90 Å². The van der Waals surface area contributed by atoms with Gasteiger partial charge in [0.1, 0.15) is 5.60 Å². The lowest BCUT2D eigenvalue weighted by atomic mass is 10.1. The summed E-state index contributed by atoms with van der Waals surface area (Å²) in [5, 5.41) is 9.20. The molecule has 0 aliphatic carbocycles. The maximum Gasteiger partial charge on any atom is 0.414 e. The van der Waals surface area contributed by atoms with Crippen LogP contribution in [-0.4, -0.2) is 34.3 Å². The van der Waals surface area contributed by atoms with Gasteiger partial charge in [-0.1, -0.05) is 15.9 Å². The maximum absolute atomic E-state index is 11.9. The van der Waals surface area contributed by atoms with Crippen LogP contribution in [0, 0.1) is 0 Å². The van der Waals surface area contributed by atoms with E-state index in [9.17, 15) is 9.90 Å². The fourth-order valence-corrected chi connectivity index (χ4v) is 1.91. The number of aliphatic hydroxyl groups is 1. The van der Waals surface area contributed by atoms with E-state index >= 15 is 0 Å². The molecule has 0 bridgehead atoms. The highest BCUT2D eigenvalue weighted by molar-refractivity contribution is 9.11. The van der Waals surface area contributed by atoms with Crippen molar-refractivity contribution < 1.29 is 14.6 Å². The second kappa shape index (κ2) is 5.19. The number of carbonyl (C=O) groups is 1. The Morgan fingerprint density at radius 3 is 2.81 bits per heavy atom. The number of amides is 1. The number of halogens is 1. The van der Waals surface area contributed by atoms with Gasteiger partial charge < -0.3 is 9.84 Å². The molecule has 0 radical (unpaired) electrons. The zero-order valence-electron chi connectivity index (χ0n) is 9.86. The molecule has 1 heterocycles. The van der Waals surface area contributed by atoms with E-state index in [1.54, 1.807) is 6.20 Å². The molecule has 0 aromatic heterocycles. The van der Waals surface area contributed by atoms with Crippen LogP contribution in [0.4, 0.5) is 4.79 Å². The van der Waals surface area contributed by atoms with E-state index in [1.807, 2.05) is 20.8 Å². The highest BCUT2D eigenvalue weighted by Gasteiger charge is 2.29. The molecule has 0 spiro atoms. The lowest BCUT2D eigenvalue weighted by molar-refractivity contribution is 0.0191. The van der Waals surface area contributed by atoms with Crippen molar-refractivity contribution in [3.63, 3.8) is 0 Å². The van der Waals surface area contributed by atoms with Gasteiger partial charge in [0.2, 0.25) is 0 Å². The molecule has 1 rings (SSSR count). The van der Waals surface area contributed by atoms with Gasteiger partial charge in [0, 0.05) is 10.7 Å². The zero-order valence-corrected chi connectivity index (χ0v) is 11.5. The minimum atomic E-state index is -0.519. The Bertz CT molecular complexity index is 296. The molecular formula is C11H18BrNO3. The molecule has 0 saturated carbocycles. The van der Waals surface area contributed by atoms with E-state index < -0.39 is 11.7 Å². The Hall–Kier alpha value is -0.550. The van der Waals surface area contributed by atoms with E-state index in [0.29, 0.717) is 0 Å². The Labute approximate surface area is 104 Å². The second-order valence-corrected chi connectivity index (χ2v) is 5.86. The number of allylic oxidation sites excluding steroid dienone is 1. The molecule has 5 heteroatoms. The van der Waals surface area contributed by atoms with Gasteiger partial charge >= 0.3 is 6.09 Å². The maximum atomic E-state index is 11.9. The lowest BCUT2D eigenvalue weighted by Gasteiger charge is -2.33. The summed E-state index contributed by atoms with van der Waals surface area (Å²) in [6.45, 7) is 5.42. The van der Waals surface area contributed by atoms with Gasteiger partial charge in [-0.05, 0) is 33.6 Å². The van der Waals surface area contributed by atoms with Crippen LogP contribution in [0.15, 0.2) is 10.7 Å². The van der Waals surface area contributed by atoms with Gasteiger partial charge in [0.15, 0.2) is 0 Å². The number of rotatable bonds is 1. The Balaban J connectivity index is 2.75. The van der Waals surface area contributed by atoms with Crippen molar-refractivity contribution in [1.82, 2.24) is 4.90 Å². The first-order chi connectivity index (χ1) is 7.33. The smallest absolute Gasteiger partial charge is 0.414 e. The van der Waals surface area contributed by atoms with Crippen LogP contribution >= 0.6 is 15.9 Å². The third kappa shape index (κ3) is 3.79. The normalized spacial score (nSPS) is 21.7. The first-order valence-electron chi connectivity index (χ1n) is 5.32. The van der Waals surface area contributed by atoms with Crippen molar-refractivity contribution in [2.75, 3.05) is 6.61 Å². The third-order valence-electron chi connectivity index (χ3n) is 2.20. The minimum absolute atomic E-state index is 0.0456. The highest BCUT2D eigenvalue weighted by Crippen LogP contribution is 2.25. The third-order valence-corrected chi connectivity index (χ3v) is 2.81. The molecule has 1 amide bonds. The molecule has 0 unspecified atom stereocenters. The van der Waals surface area contributed by atoms with Crippen LogP contribution in [-0.2, 0) is 4.74 Å². The molecule has 1 N–H and O–H groups in total. The van der Waals surface area contributed by atoms with Crippen LogP contribution in [0.25, 0.3) is 0 Å². The number of hydrogen-bond donors (Lipinski definition) is 1. The van der Waals surface area contributed by atoms with Crippen molar-refractivity contribution >= 4 is 22.0 Å². The fourth-order valence-electron chi connectivity index (χ4n) is 1.46. The van der Waals surface area contributed by atoms with Gasteiger partial charge in [0.25, 0.3) is 0 Å². The second-order valence-electron chi connectivity index (χ2n) is 4.84. The monoisotopic (exact) mass is 291 g/mol. The van der Waals surface area contributed by atoms with Crippen LogP contribution in [0.5, 0.6) is 0 Å². The average molecular weight is 292 g/mol. The summed E-state index contributed by atoms with van der Waals surface area (Å²) in [7, 11) is 0. The SMILES string of the molecule is CC(C)(C)OC(=O)N1C=C(Br)CC[C@H]1CO. The number of ether oxygens (including phenoxy) is 1. The average Bonchev–Trinajstić information content (AvgIpc) is 2.15. The lowest BCUT2D eigenvalue weighted by Crippen LogP contribution is -2.43. The molecule has 1 aliphatic rings. The van der Waals surface area contributed by atoms with Crippen LogP contribution in [0.2, 0.25) is 0 Å². The van der Waals surface area contributed by atoms with E-state index in [-0.39, 0.29) is 12.6 Å². The Morgan fingerprint density at radius 1 is 1.69 bits per heavy atom. The molecule has 0 fully saturated rings. The predicted molar refractivity (Wildman–Crippen MR) is 65.2 cm³/mol. The molecule has 0 saturated heterocycles. The number of aliphatic hydroxyl groups excluding tert-OH is 1. The van der Waals surface area contributed by atoms with Gasteiger partial charge in [0.05, 0.1) is 12.6 Å². The standard InChI is InChI=1S/C11H18BrNO3/c1-11(2,3)16-10(15)13-6-8(12)4-5-9(13)7-14/h6,9,14H,4-5,7H2,1-3H3/t9-/m0/s1. The number of nitrogens with zero attached hydrogens (tertiary/aromatic N) is 1. The molecule has 1 atom stereocenters. The summed E-state index contributed by atoms with van der Waals surface area (Å²) in [4.78, 5) is 13.3. The van der Waals surface area contributed by atoms with Gasteiger partial charge in [-0.3, -0.25) is 4.90 Å². The summed E-state index contributed by atoms with van der Waals surface area (Å²) in [6, 6.07) is -0.184. The summed E-state index contributed by atoms with van der Waals surface area (Å²) < 4.78 is 6.22. The van der Waals surface area contributed by atoms with Crippen LogP contribution < -0.4 is 0 Å². The van der Waals surface area contributed by atoms with Crippen molar-refractivity contribution in [3.8, 4) is 0 Å². The van der Waals surface area contributed by atoms with Gasteiger partial charge in [-0.15, -0.1) is 0 Å². The van der Waals surface area contributed by atoms with E-state index in [2.05, 4.69) is 15.9 Å². The Morgan fingerprint density at radius 2 is 2.31 bits per heavy atom. The summed E-state index contributed by atoms with van der Waals surface area (Å²) in [5.74, 6) is 0. The molecule has 16 heavy (non-hydrogen) atoms. The predicted octanol–water partition coefficient (Wildman–Crippen LogP) is 2.61. The summed E-state index contributed by atoms with van der Waals surface area (Å²) in [6.07, 6.45) is 2.86. The van der Waals surface area contributed by atoms with Gasteiger partial charge in [-0.2, -0.15) is 0 Å². The Kier molecular flexibility index (Phi) is 4.38. The minimum Gasteiger partial charge on any atom is -0.443 e. The molecule has 1 aliphatic heterocycles. The molecule has 0 aromatic rings. The van der Waals surface area contributed by atoms with Gasteiger partial charge in [-0.25, -0.2) is 4.79 Å². The molecular weight excluding hydrogens is 274 g/mol. The van der Waals surface area contributed by atoms with Crippen molar-refractivity contribution in [3.05, 3.63) is 10.7 Å².